The summed E-state index contributed by atoms with van der Waals surface area (Å²) in [5.41, 5.74) is 8.18. The normalized spacial score (nSPS) is 13.6. The Hall–Kier alpha value is -4.01. The van der Waals surface area contributed by atoms with Gasteiger partial charge in [0.1, 0.15) is 0 Å². The maximum absolute atomic E-state index is 13.2. The molecule has 0 aliphatic carbocycles. The van der Waals surface area contributed by atoms with E-state index in [1.807, 2.05) is 12.1 Å². The van der Waals surface area contributed by atoms with Crippen LogP contribution in [-0.4, -0.2) is 20.9 Å². The molecule has 3 heterocycles. The number of anilines is 3. The van der Waals surface area contributed by atoms with Gasteiger partial charge < -0.3 is 5.73 Å². The van der Waals surface area contributed by atoms with Crippen molar-refractivity contribution in [3.05, 3.63) is 72.2 Å². The number of pyridine rings is 1. The Kier molecular flexibility index (Phi) is 4.14. The molecule has 2 N–H and O–H groups in total. The van der Waals surface area contributed by atoms with E-state index in [2.05, 4.69) is 15.0 Å². The molecule has 1 aliphatic rings. The van der Waals surface area contributed by atoms with Crippen LogP contribution in [0.15, 0.2) is 61.1 Å². The quantitative estimate of drug-likeness (QED) is 0.515. The molecule has 2 aromatic heterocycles. The van der Waals surface area contributed by atoms with Crippen molar-refractivity contribution in [1.82, 2.24) is 15.0 Å². The first-order valence-corrected chi connectivity index (χ1v) is 9.31. The third-order valence-corrected chi connectivity index (χ3v) is 5.17. The van der Waals surface area contributed by atoms with E-state index < -0.39 is 11.7 Å². The fourth-order valence-corrected chi connectivity index (χ4v) is 3.74. The van der Waals surface area contributed by atoms with Gasteiger partial charge in [-0.1, -0.05) is 12.1 Å². The molecule has 0 fully saturated rings. The van der Waals surface area contributed by atoms with Gasteiger partial charge in [0, 0.05) is 40.8 Å². The Morgan fingerprint density at radius 2 is 1.71 bits per heavy atom. The number of hydrogen-bond acceptors (Lipinski definition) is 5. The summed E-state index contributed by atoms with van der Waals surface area (Å²) in [5, 5.41) is 0.648. The SMILES string of the molecule is Nc1ncc(-c2ccc3ncc4c(c3c2)N(c2cccc(C(F)(F)F)c2)C(=O)C4)cn1. The number of hydrogen-bond donors (Lipinski definition) is 1. The topological polar surface area (TPSA) is 85.0 Å². The van der Waals surface area contributed by atoms with Crippen LogP contribution in [0.1, 0.15) is 11.1 Å². The van der Waals surface area contributed by atoms with E-state index in [-0.39, 0.29) is 24.0 Å². The summed E-state index contributed by atoms with van der Waals surface area (Å²) in [6.07, 6.45) is 0.300. The predicted molar refractivity (Wildman–Crippen MR) is 109 cm³/mol. The first-order valence-electron chi connectivity index (χ1n) is 9.31. The number of fused-ring (bicyclic) bond motifs is 3. The van der Waals surface area contributed by atoms with Gasteiger partial charge >= 0.3 is 6.18 Å². The maximum Gasteiger partial charge on any atom is 0.416 e. The number of rotatable bonds is 2. The van der Waals surface area contributed by atoms with Gasteiger partial charge in [0.25, 0.3) is 0 Å². The van der Waals surface area contributed by atoms with Crippen molar-refractivity contribution in [1.29, 1.82) is 0 Å². The molecular weight excluding hydrogens is 407 g/mol. The largest absolute Gasteiger partial charge is 0.416 e. The van der Waals surface area contributed by atoms with Gasteiger partial charge in [0.2, 0.25) is 11.9 Å². The van der Waals surface area contributed by atoms with Crippen LogP contribution in [0.25, 0.3) is 22.0 Å². The van der Waals surface area contributed by atoms with Crippen LogP contribution in [0, 0.1) is 0 Å². The second kappa shape index (κ2) is 6.76. The number of alkyl halides is 3. The Balaban J connectivity index is 1.70. The Labute approximate surface area is 174 Å². The number of carbonyl (C=O) groups excluding carboxylic acids is 1. The van der Waals surface area contributed by atoms with Crippen LogP contribution in [0.5, 0.6) is 0 Å². The molecule has 1 amide bonds. The maximum atomic E-state index is 13.2. The first-order chi connectivity index (χ1) is 14.8. The van der Waals surface area contributed by atoms with Crippen LogP contribution < -0.4 is 10.6 Å². The molecule has 4 aromatic rings. The van der Waals surface area contributed by atoms with Gasteiger partial charge in [-0.05, 0) is 35.9 Å². The van der Waals surface area contributed by atoms with Crippen molar-refractivity contribution < 1.29 is 18.0 Å². The van der Waals surface area contributed by atoms with Gasteiger partial charge in [-0.25, -0.2) is 9.97 Å². The number of nitrogens with two attached hydrogens (primary N) is 1. The minimum Gasteiger partial charge on any atom is -0.368 e. The van der Waals surface area contributed by atoms with E-state index in [4.69, 9.17) is 5.73 Å². The number of carbonyl (C=O) groups is 1. The van der Waals surface area contributed by atoms with E-state index in [0.29, 0.717) is 27.7 Å². The number of nitrogens with zero attached hydrogens (tertiary/aromatic N) is 4. The molecular formula is C22H14F3N5O. The highest BCUT2D eigenvalue weighted by Crippen LogP contribution is 2.42. The Morgan fingerprint density at radius 1 is 0.935 bits per heavy atom. The second-order valence-electron chi connectivity index (χ2n) is 7.15. The van der Waals surface area contributed by atoms with E-state index in [9.17, 15) is 18.0 Å². The monoisotopic (exact) mass is 421 g/mol. The molecule has 0 saturated carbocycles. The molecule has 6 nitrogen and oxygen atoms in total. The third-order valence-electron chi connectivity index (χ3n) is 5.17. The van der Waals surface area contributed by atoms with Crippen molar-refractivity contribution in [2.45, 2.75) is 12.6 Å². The fraction of sp³-hybridized carbons (Fsp3) is 0.0909. The van der Waals surface area contributed by atoms with Gasteiger partial charge in [-0.3, -0.25) is 14.7 Å². The van der Waals surface area contributed by atoms with Crippen LogP contribution >= 0.6 is 0 Å². The third kappa shape index (κ3) is 3.24. The summed E-state index contributed by atoms with van der Waals surface area (Å²) < 4.78 is 39.7. The van der Waals surface area contributed by atoms with E-state index in [1.54, 1.807) is 24.7 Å². The lowest BCUT2D eigenvalue weighted by molar-refractivity contribution is -0.137. The van der Waals surface area contributed by atoms with Crippen LogP contribution in [-0.2, 0) is 17.4 Å². The summed E-state index contributed by atoms with van der Waals surface area (Å²) in [6, 6.07) is 10.2. The zero-order valence-electron chi connectivity index (χ0n) is 15.9. The highest BCUT2D eigenvalue weighted by atomic mass is 19.4. The van der Waals surface area contributed by atoms with Crippen molar-refractivity contribution in [3.8, 4) is 11.1 Å². The zero-order chi connectivity index (χ0) is 21.8. The van der Waals surface area contributed by atoms with E-state index in [1.165, 1.54) is 17.0 Å². The lowest BCUT2D eigenvalue weighted by Crippen LogP contribution is -2.21. The van der Waals surface area contributed by atoms with Crippen LogP contribution in [0.4, 0.5) is 30.5 Å². The number of amides is 1. The first kappa shape index (κ1) is 19.0. The summed E-state index contributed by atoms with van der Waals surface area (Å²) >= 11 is 0. The van der Waals surface area contributed by atoms with Gasteiger partial charge in [-0.2, -0.15) is 13.2 Å². The Morgan fingerprint density at radius 3 is 2.45 bits per heavy atom. The van der Waals surface area contributed by atoms with Gasteiger partial charge in [0.15, 0.2) is 0 Å². The fourth-order valence-electron chi connectivity index (χ4n) is 3.74. The number of aromatic nitrogens is 3. The highest BCUT2D eigenvalue weighted by Gasteiger charge is 2.34. The molecule has 2 aromatic carbocycles. The van der Waals surface area contributed by atoms with Crippen LogP contribution in [0.2, 0.25) is 0 Å². The summed E-state index contributed by atoms with van der Waals surface area (Å²) in [4.78, 5) is 26.5. The lowest BCUT2D eigenvalue weighted by Gasteiger charge is -2.21. The molecule has 5 rings (SSSR count). The molecule has 0 atom stereocenters. The van der Waals surface area contributed by atoms with Crippen molar-refractivity contribution in [2.24, 2.45) is 0 Å². The molecule has 0 saturated heterocycles. The Bertz CT molecular complexity index is 1340. The van der Waals surface area contributed by atoms with E-state index >= 15 is 0 Å². The molecule has 0 radical (unpaired) electrons. The molecule has 0 unspecified atom stereocenters. The summed E-state index contributed by atoms with van der Waals surface area (Å²) in [7, 11) is 0. The molecule has 0 bridgehead atoms. The molecule has 0 spiro atoms. The van der Waals surface area contributed by atoms with Crippen LogP contribution in [0.3, 0.4) is 0 Å². The van der Waals surface area contributed by atoms with Crippen molar-refractivity contribution >= 4 is 34.1 Å². The molecule has 1 aliphatic heterocycles. The van der Waals surface area contributed by atoms with Crippen molar-refractivity contribution in [2.75, 3.05) is 10.6 Å². The second-order valence-corrected chi connectivity index (χ2v) is 7.15. The predicted octanol–water partition coefficient (Wildman–Crippen LogP) is 4.51. The number of nitrogen functional groups attached to an aromatic ring is 1. The van der Waals surface area contributed by atoms with Crippen molar-refractivity contribution in [3.63, 3.8) is 0 Å². The summed E-state index contributed by atoms with van der Waals surface area (Å²) in [6.45, 7) is 0. The van der Waals surface area contributed by atoms with Gasteiger partial charge in [0.05, 0.1) is 23.2 Å². The standard InChI is InChI=1S/C22H14F3N5O/c23-22(24,25)15-2-1-3-16(8-15)30-19(31)7-13-9-27-18-5-4-12(6-17(18)20(13)30)14-10-28-21(26)29-11-14/h1-6,8-11H,7H2,(H2,26,28,29). The number of halogens is 3. The molecule has 154 valence electrons. The minimum atomic E-state index is -4.51. The van der Waals surface area contributed by atoms with Gasteiger partial charge in [-0.15, -0.1) is 0 Å². The number of benzene rings is 2. The minimum absolute atomic E-state index is 0.0593. The van der Waals surface area contributed by atoms with E-state index in [0.717, 1.165) is 17.7 Å². The zero-order valence-corrected chi connectivity index (χ0v) is 15.9. The average molecular weight is 421 g/mol. The molecule has 9 heteroatoms. The average Bonchev–Trinajstić information content (AvgIpc) is 3.10. The lowest BCUT2D eigenvalue weighted by atomic mass is 10.0. The highest BCUT2D eigenvalue weighted by molar-refractivity contribution is 6.14. The molecule has 31 heavy (non-hydrogen) atoms. The smallest absolute Gasteiger partial charge is 0.368 e. The summed E-state index contributed by atoms with van der Waals surface area (Å²) in [5.74, 6) is -0.168.